The predicted molar refractivity (Wildman–Crippen MR) is 90.3 cm³/mol. The van der Waals surface area contributed by atoms with Crippen LogP contribution in [-0.4, -0.2) is 13.0 Å². The second-order valence-electron chi connectivity index (χ2n) is 7.15. The summed E-state index contributed by atoms with van der Waals surface area (Å²) < 4.78 is 33.9. The summed E-state index contributed by atoms with van der Waals surface area (Å²) in [4.78, 5) is 0.179. The van der Waals surface area contributed by atoms with Gasteiger partial charge >= 0.3 is 0 Å². The molecule has 1 aliphatic carbocycles. The standard InChI is InChI=1S/C18H28O3S/c1-12(2)15-10-16(13(3)4)18(22(19,20)21)17(11-15)14-8-6-5-7-9-14/h10-14H,5-9H2,1-4H3,(H,19,20,21). The first-order chi connectivity index (χ1) is 10.2. The molecule has 0 saturated heterocycles. The zero-order chi connectivity index (χ0) is 16.5. The third-order valence-electron chi connectivity index (χ3n) is 4.76. The fourth-order valence-electron chi connectivity index (χ4n) is 3.48. The van der Waals surface area contributed by atoms with E-state index in [2.05, 4.69) is 13.8 Å². The van der Waals surface area contributed by atoms with Crippen LogP contribution in [0.2, 0.25) is 0 Å². The van der Waals surface area contributed by atoms with Crippen LogP contribution in [-0.2, 0) is 10.1 Å². The van der Waals surface area contributed by atoms with E-state index in [1.165, 1.54) is 6.42 Å². The van der Waals surface area contributed by atoms with Gasteiger partial charge in [-0.2, -0.15) is 8.42 Å². The fourth-order valence-corrected chi connectivity index (χ4v) is 4.59. The quantitative estimate of drug-likeness (QED) is 0.772. The Hall–Kier alpha value is -0.870. The topological polar surface area (TPSA) is 54.4 Å². The Morgan fingerprint density at radius 3 is 2.05 bits per heavy atom. The van der Waals surface area contributed by atoms with Gasteiger partial charge in [-0.25, -0.2) is 0 Å². The summed E-state index contributed by atoms with van der Waals surface area (Å²) in [5.74, 6) is 0.662. The van der Waals surface area contributed by atoms with Crippen molar-refractivity contribution >= 4 is 10.1 Å². The average Bonchev–Trinajstić information content (AvgIpc) is 2.45. The number of hydrogen-bond donors (Lipinski definition) is 1. The van der Waals surface area contributed by atoms with Gasteiger partial charge in [-0.15, -0.1) is 0 Å². The maximum Gasteiger partial charge on any atom is 0.295 e. The van der Waals surface area contributed by atoms with E-state index in [-0.39, 0.29) is 16.7 Å². The van der Waals surface area contributed by atoms with Gasteiger partial charge in [0.05, 0.1) is 0 Å². The van der Waals surface area contributed by atoms with Crippen molar-refractivity contribution in [2.75, 3.05) is 0 Å². The minimum Gasteiger partial charge on any atom is -0.282 e. The Labute approximate surface area is 134 Å². The predicted octanol–water partition coefficient (Wildman–Crippen LogP) is 5.23. The molecule has 1 aromatic carbocycles. The molecule has 0 aliphatic heterocycles. The summed E-state index contributed by atoms with van der Waals surface area (Å²) in [6.45, 7) is 8.21. The SMILES string of the molecule is CC(C)c1cc(C(C)C)c(S(=O)(=O)O)c(C2CCCCC2)c1. The number of hydrogen-bond acceptors (Lipinski definition) is 2. The van der Waals surface area contributed by atoms with Gasteiger partial charge in [0.15, 0.2) is 0 Å². The Morgan fingerprint density at radius 2 is 1.59 bits per heavy atom. The Morgan fingerprint density at radius 1 is 1.00 bits per heavy atom. The number of benzene rings is 1. The van der Waals surface area contributed by atoms with Crippen molar-refractivity contribution in [3.05, 3.63) is 28.8 Å². The molecule has 22 heavy (non-hydrogen) atoms. The Kier molecular flexibility index (Phi) is 5.33. The van der Waals surface area contributed by atoms with Crippen LogP contribution >= 0.6 is 0 Å². The maximum absolute atomic E-state index is 12.1. The third kappa shape index (κ3) is 3.72. The van der Waals surface area contributed by atoms with E-state index in [0.29, 0.717) is 5.92 Å². The van der Waals surface area contributed by atoms with Gasteiger partial charge in [-0.3, -0.25) is 4.55 Å². The molecule has 124 valence electrons. The van der Waals surface area contributed by atoms with Crippen LogP contribution in [0.15, 0.2) is 17.0 Å². The van der Waals surface area contributed by atoms with E-state index >= 15 is 0 Å². The van der Waals surface area contributed by atoms with E-state index in [1.54, 1.807) is 0 Å². The Balaban J connectivity index is 2.70. The number of rotatable bonds is 4. The molecule has 0 heterocycles. The highest BCUT2D eigenvalue weighted by atomic mass is 32.2. The third-order valence-corrected chi connectivity index (χ3v) is 5.75. The lowest BCUT2D eigenvalue weighted by molar-refractivity contribution is 0.432. The second kappa shape index (κ2) is 6.71. The van der Waals surface area contributed by atoms with Crippen molar-refractivity contribution in [2.24, 2.45) is 0 Å². The van der Waals surface area contributed by atoms with Crippen LogP contribution in [0.25, 0.3) is 0 Å². The minimum atomic E-state index is -4.20. The molecule has 0 unspecified atom stereocenters. The summed E-state index contributed by atoms with van der Waals surface area (Å²) in [5.41, 5.74) is 2.77. The molecule has 1 aromatic rings. The van der Waals surface area contributed by atoms with E-state index in [0.717, 1.165) is 42.4 Å². The van der Waals surface area contributed by atoms with Crippen molar-refractivity contribution in [2.45, 2.75) is 82.4 Å². The summed E-state index contributed by atoms with van der Waals surface area (Å²) in [5, 5.41) is 0. The first kappa shape index (κ1) is 17.5. The highest BCUT2D eigenvalue weighted by molar-refractivity contribution is 7.86. The fraction of sp³-hybridized carbons (Fsp3) is 0.667. The van der Waals surface area contributed by atoms with E-state index in [9.17, 15) is 13.0 Å². The smallest absolute Gasteiger partial charge is 0.282 e. The van der Waals surface area contributed by atoms with Crippen LogP contribution in [0.5, 0.6) is 0 Å². The van der Waals surface area contributed by atoms with E-state index in [4.69, 9.17) is 0 Å². The molecule has 0 atom stereocenters. The van der Waals surface area contributed by atoms with Crippen LogP contribution < -0.4 is 0 Å². The molecule has 1 aliphatic rings. The summed E-state index contributed by atoms with van der Waals surface area (Å²) >= 11 is 0. The van der Waals surface area contributed by atoms with Gasteiger partial charge in [0.2, 0.25) is 0 Å². The molecule has 2 rings (SSSR count). The zero-order valence-electron chi connectivity index (χ0n) is 14.1. The average molecular weight is 324 g/mol. The maximum atomic E-state index is 12.1. The molecule has 1 fully saturated rings. The minimum absolute atomic E-state index is 0.0676. The molecule has 0 aromatic heterocycles. The first-order valence-corrected chi connectivity index (χ1v) is 9.81. The monoisotopic (exact) mass is 324 g/mol. The van der Waals surface area contributed by atoms with Gasteiger partial charge in [-0.05, 0) is 47.3 Å². The van der Waals surface area contributed by atoms with Gasteiger partial charge < -0.3 is 0 Å². The van der Waals surface area contributed by atoms with Crippen LogP contribution in [0.4, 0.5) is 0 Å². The van der Waals surface area contributed by atoms with Crippen molar-refractivity contribution in [1.29, 1.82) is 0 Å². The molecule has 1 N–H and O–H groups in total. The lowest BCUT2D eigenvalue weighted by Gasteiger charge is -2.27. The van der Waals surface area contributed by atoms with Crippen molar-refractivity contribution in [3.63, 3.8) is 0 Å². The lowest BCUT2D eigenvalue weighted by Crippen LogP contribution is -2.15. The van der Waals surface area contributed by atoms with Crippen LogP contribution in [0, 0.1) is 0 Å². The first-order valence-electron chi connectivity index (χ1n) is 8.37. The molecule has 0 spiro atoms. The summed E-state index contributed by atoms with van der Waals surface area (Å²) in [6.07, 6.45) is 5.53. The molecular formula is C18H28O3S. The zero-order valence-corrected chi connectivity index (χ0v) is 14.9. The van der Waals surface area contributed by atoms with Gasteiger partial charge in [-0.1, -0.05) is 59.1 Å². The van der Waals surface area contributed by atoms with Crippen LogP contribution in [0.3, 0.4) is 0 Å². The molecule has 1 saturated carbocycles. The van der Waals surface area contributed by atoms with Crippen molar-refractivity contribution in [1.82, 2.24) is 0 Å². The highest BCUT2D eigenvalue weighted by Gasteiger charge is 2.28. The Bertz CT molecular complexity index is 624. The molecule has 0 radical (unpaired) electrons. The second-order valence-corrected chi connectivity index (χ2v) is 8.51. The molecule has 4 heteroatoms. The molecular weight excluding hydrogens is 296 g/mol. The summed E-state index contributed by atoms with van der Waals surface area (Å²) in [7, 11) is -4.20. The molecule has 0 bridgehead atoms. The highest BCUT2D eigenvalue weighted by Crippen LogP contribution is 2.40. The largest absolute Gasteiger partial charge is 0.295 e. The van der Waals surface area contributed by atoms with Gasteiger partial charge in [0.1, 0.15) is 4.90 Å². The van der Waals surface area contributed by atoms with Crippen LogP contribution in [0.1, 0.15) is 94.2 Å². The lowest BCUT2D eigenvalue weighted by atomic mass is 9.81. The van der Waals surface area contributed by atoms with E-state index in [1.807, 2.05) is 26.0 Å². The molecule has 3 nitrogen and oxygen atoms in total. The van der Waals surface area contributed by atoms with Crippen molar-refractivity contribution in [3.8, 4) is 0 Å². The van der Waals surface area contributed by atoms with Crippen molar-refractivity contribution < 1.29 is 13.0 Å². The van der Waals surface area contributed by atoms with Gasteiger partial charge in [0.25, 0.3) is 10.1 Å². The summed E-state index contributed by atoms with van der Waals surface area (Å²) in [6, 6.07) is 3.99. The normalized spacial score (nSPS) is 17.4. The van der Waals surface area contributed by atoms with E-state index < -0.39 is 10.1 Å². The van der Waals surface area contributed by atoms with Gasteiger partial charge in [0, 0.05) is 0 Å². The molecule has 0 amide bonds.